The van der Waals surface area contributed by atoms with Crippen molar-refractivity contribution in [1.82, 2.24) is 0 Å². The molecule has 0 bridgehead atoms. The van der Waals surface area contributed by atoms with Gasteiger partial charge in [0.25, 0.3) is 0 Å². The number of phenols is 1. The molecule has 1 rings (SSSR count). The molecule has 0 radical (unpaired) electrons. The van der Waals surface area contributed by atoms with Gasteiger partial charge in [0.2, 0.25) is 0 Å². The van der Waals surface area contributed by atoms with Crippen molar-refractivity contribution in [3.8, 4) is 5.75 Å². The molecule has 18 heavy (non-hydrogen) atoms. The summed E-state index contributed by atoms with van der Waals surface area (Å²) in [5.74, 6) is 0.500. The number of phenolic OH excluding ortho intramolecular Hbond substituents is 1. The van der Waals surface area contributed by atoms with Crippen LogP contribution in [0.25, 0.3) is 0 Å². The first-order valence-corrected chi connectivity index (χ1v) is 7.51. The zero-order chi connectivity index (χ0) is 13.4. The predicted molar refractivity (Wildman–Crippen MR) is 79.3 cm³/mol. The molecule has 1 heteroatoms. The molecule has 102 valence electrons. The SMILES string of the molecule is CCCCCCCc1c(O)ccc(C)c1CCC. The molecule has 0 unspecified atom stereocenters. The van der Waals surface area contributed by atoms with Crippen LogP contribution in [0, 0.1) is 6.92 Å². The van der Waals surface area contributed by atoms with E-state index >= 15 is 0 Å². The third-order valence-electron chi connectivity index (χ3n) is 3.67. The van der Waals surface area contributed by atoms with Gasteiger partial charge in [-0.25, -0.2) is 0 Å². The Hall–Kier alpha value is -0.980. The van der Waals surface area contributed by atoms with E-state index in [1.165, 1.54) is 48.8 Å². The van der Waals surface area contributed by atoms with Gasteiger partial charge in [0.15, 0.2) is 0 Å². The second-order valence-electron chi connectivity index (χ2n) is 5.27. The molecular formula is C17H28O. The topological polar surface area (TPSA) is 20.2 Å². The standard InChI is InChI=1S/C17H28O/c1-4-6-7-8-9-11-16-15(10-5-2)14(3)12-13-17(16)18/h12-13,18H,4-11H2,1-3H3. The van der Waals surface area contributed by atoms with E-state index in [1.54, 1.807) is 0 Å². The molecule has 0 spiro atoms. The number of aryl methyl sites for hydroxylation is 1. The molecule has 1 aromatic carbocycles. The lowest BCUT2D eigenvalue weighted by molar-refractivity contribution is 0.464. The molecule has 0 aliphatic heterocycles. The molecule has 0 fully saturated rings. The van der Waals surface area contributed by atoms with E-state index in [0.717, 1.165) is 19.3 Å². The van der Waals surface area contributed by atoms with Crippen LogP contribution in [0.15, 0.2) is 12.1 Å². The summed E-state index contributed by atoms with van der Waals surface area (Å²) in [4.78, 5) is 0. The van der Waals surface area contributed by atoms with Crippen LogP contribution in [-0.2, 0) is 12.8 Å². The maximum absolute atomic E-state index is 10.0. The van der Waals surface area contributed by atoms with Crippen molar-refractivity contribution in [2.45, 2.75) is 72.1 Å². The average molecular weight is 248 g/mol. The lowest BCUT2D eigenvalue weighted by Crippen LogP contribution is -1.98. The Balaban J connectivity index is 2.64. The van der Waals surface area contributed by atoms with Crippen molar-refractivity contribution in [2.75, 3.05) is 0 Å². The number of hydrogen-bond acceptors (Lipinski definition) is 1. The van der Waals surface area contributed by atoms with Crippen molar-refractivity contribution in [3.05, 3.63) is 28.8 Å². The van der Waals surface area contributed by atoms with Crippen molar-refractivity contribution in [3.63, 3.8) is 0 Å². The fraction of sp³-hybridized carbons (Fsp3) is 0.647. The number of hydrogen-bond donors (Lipinski definition) is 1. The van der Waals surface area contributed by atoms with Crippen molar-refractivity contribution >= 4 is 0 Å². The Morgan fingerprint density at radius 3 is 2.22 bits per heavy atom. The molecule has 0 aliphatic rings. The third-order valence-corrected chi connectivity index (χ3v) is 3.67. The minimum absolute atomic E-state index is 0.500. The Kier molecular flexibility index (Phi) is 6.85. The Morgan fingerprint density at radius 1 is 0.833 bits per heavy atom. The van der Waals surface area contributed by atoms with Crippen LogP contribution in [0.4, 0.5) is 0 Å². The third kappa shape index (κ3) is 4.36. The average Bonchev–Trinajstić information content (AvgIpc) is 2.36. The van der Waals surface area contributed by atoms with Crippen LogP contribution in [0.1, 0.15) is 69.1 Å². The van der Waals surface area contributed by atoms with E-state index in [0.29, 0.717) is 5.75 Å². The van der Waals surface area contributed by atoms with Gasteiger partial charge in [-0.15, -0.1) is 0 Å². The highest BCUT2D eigenvalue weighted by Crippen LogP contribution is 2.27. The van der Waals surface area contributed by atoms with E-state index in [2.05, 4.69) is 20.8 Å². The summed E-state index contributed by atoms with van der Waals surface area (Å²) in [6.45, 7) is 6.60. The molecule has 0 aromatic heterocycles. The maximum atomic E-state index is 10.0. The Bertz CT molecular complexity index is 355. The van der Waals surface area contributed by atoms with Crippen molar-refractivity contribution in [2.24, 2.45) is 0 Å². The maximum Gasteiger partial charge on any atom is 0.119 e. The first-order valence-electron chi connectivity index (χ1n) is 7.51. The monoisotopic (exact) mass is 248 g/mol. The van der Waals surface area contributed by atoms with Crippen LogP contribution in [0.5, 0.6) is 5.75 Å². The van der Waals surface area contributed by atoms with Gasteiger partial charge in [-0.05, 0) is 48.9 Å². The Labute approximate surface area is 112 Å². The summed E-state index contributed by atoms with van der Waals surface area (Å²) in [5, 5.41) is 10.0. The highest BCUT2D eigenvalue weighted by atomic mass is 16.3. The highest BCUT2D eigenvalue weighted by molar-refractivity contribution is 5.44. The second-order valence-corrected chi connectivity index (χ2v) is 5.27. The van der Waals surface area contributed by atoms with E-state index in [1.807, 2.05) is 12.1 Å². The quantitative estimate of drug-likeness (QED) is 0.629. The van der Waals surface area contributed by atoms with Gasteiger partial charge in [0, 0.05) is 0 Å². The predicted octanol–water partition coefficient (Wildman–Crippen LogP) is 5.17. The fourth-order valence-corrected chi connectivity index (χ4v) is 2.58. The van der Waals surface area contributed by atoms with E-state index in [9.17, 15) is 5.11 Å². The van der Waals surface area contributed by atoms with Crippen LogP contribution < -0.4 is 0 Å². The van der Waals surface area contributed by atoms with Gasteiger partial charge >= 0.3 is 0 Å². The van der Waals surface area contributed by atoms with Crippen LogP contribution >= 0.6 is 0 Å². The largest absolute Gasteiger partial charge is 0.508 e. The van der Waals surface area contributed by atoms with E-state index in [-0.39, 0.29) is 0 Å². The smallest absolute Gasteiger partial charge is 0.119 e. The Morgan fingerprint density at radius 2 is 1.56 bits per heavy atom. The van der Waals surface area contributed by atoms with Gasteiger partial charge in [-0.2, -0.15) is 0 Å². The number of aromatic hydroxyl groups is 1. The molecule has 0 aliphatic carbocycles. The second kappa shape index (κ2) is 8.18. The van der Waals surface area contributed by atoms with E-state index < -0.39 is 0 Å². The van der Waals surface area contributed by atoms with Gasteiger partial charge in [0.05, 0.1) is 0 Å². The minimum Gasteiger partial charge on any atom is -0.508 e. The molecule has 0 heterocycles. The highest BCUT2D eigenvalue weighted by Gasteiger charge is 2.09. The zero-order valence-corrected chi connectivity index (χ0v) is 12.3. The number of unbranched alkanes of at least 4 members (excludes halogenated alkanes) is 4. The summed E-state index contributed by atoms with van der Waals surface area (Å²) < 4.78 is 0. The number of rotatable bonds is 8. The van der Waals surface area contributed by atoms with Crippen LogP contribution in [0.3, 0.4) is 0 Å². The molecule has 1 aromatic rings. The number of benzene rings is 1. The minimum atomic E-state index is 0.500. The fourth-order valence-electron chi connectivity index (χ4n) is 2.58. The molecule has 1 nitrogen and oxygen atoms in total. The summed E-state index contributed by atoms with van der Waals surface area (Å²) in [6.07, 6.45) is 9.70. The first-order chi connectivity index (χ1) is 8.70. The molecule has 0 atom stereocenters. The van der Waals surface area contributed by atoms with Crippen molar-refractivity contribution < 1.29 is 5.11 Å². The summed E-state index contributed by atoms with van der Waals surface area (Å²) >= 11 is 0. The first kappa shape index (κ1) is 15.1. The van der Waals surface area contributed by atoms with Crippen LogP contribution in [0.2, 0.25) is 0 Å². The van der Waals surface area contributed by atoms with Gasteiger partial charge in [-0.1, -0.05) is 52.0 Å². The van der Waals surface area contributed by atoms with Gasteiger partial charge in [-0.3, -0.25) is 0 Å². The molecule has 0 amide bonds. The van der Waals surface area contributed by atoms with E-state index in [4.69, 9.17) is 0 Å². The molecule has 0 saturated heterocycles. The summed E-state index contributed by atoms with van der Waals surface area (Å²) in [6, 6.07) is 3.90. The van der Waals surface area contributed by atoms with Crippen LogP contribution in [-0.4, -0.2) is 5.11 Å². The molecular weight excluding hydrogens is 220 g/mol. The van der Waals surface area contributed by atoms with Gasteiger partial charge in [0.1, 0.15) is 5.75 Å². The molecule has 1 N–H and O–H groups in total. The normalized spacial score (nSPS) is 10.8. The molecule has 0 saturated carbocycles. The lowest BCUT2D eigenvalue weighted by Gasteiger charge is -2.14. The summed E-state index contributed by atoms with van der Waals surface area (Å²) in [5.41, 5.74) is 3.92. The zero-order valence-electron chi connectivity index (χ0n) is 12.3. The summed E-state index contributed by atoms with van der Waals surface area (Å²) in [7, 11) is 0. The lowest BCUT2D eigenvalue weighted by atomic mass is 9.93. The van der Waals surface area contributed by atoms with Gasteiger partial charge < -0.3 is 5.11 Å². The van der Waals surface area contributed by atoms with Crippen molar-refractivity contribution in [1.29, 1.82) is 0 Å².